The lowest BCUT2D eigenvalue weighted by atomic mass is 10.0. The Balaban J connectivity index is 2.89. The summed E-state index contributed by atoms with van der Waals surface area (Å²) >= 11 is 0. The van der Waals surface area contributed by atoms with Crippen LogP contribution in [0.3, 0.4) is 0 Å². The van der Waals surface area contributed by atoms with Gasteiger partial charge < -0.3 is 10.8 Å². The van der Waals surface area contributed by atoms with Gasteiger partial charge in [-0.2, -0.15) is 0 Å². The molecule has 1 rings (SSSR count). The Hall–Kier alpha value is -1.51. The third-order valence-electron chi connectivity index (χ3n) is 1.81. The second-order valence-corrected chi connectivity index (χ2v) is 2.73. The van der Waals surface area contributed by atoms with E-state index in [2.05, 4.69) is 0 Å². The Kier molecular flexibility index (Phi) is 2.33. The fourth-order valence-corrected chi connectivity index (χ4v) is 0.927. The van der Waals surface area contributed by atoms with Crippen molar-refractivity contribution in [2.75, 3.05) is 5.73 Å². The Morgan fingerprint density at radius 1 is 1.42 bits per heavy atom. The van der Waals surface area contributed by atoms with Gasteiger partial charge in [-0.15, -0.1) is 0 Å². The average Bonchev–Trinajstić information content (AvgIpc) is 2.04. The molecule has 0 fully saturated rings. The Bertz CT molecular complexity index is 279. The van der Waals surface area contributed by atoms with Crippen LogP contribution in [0.25, 0.3) is 0 Å². The summed E-state index contributed by atoms with van der Waals surface area (Å²) in [4.78, 5) is 10.6. The predicted molar refractivity (Wildman–Crippen MR) is 46.9 cm³/mol. The first-order valence-corrected chi connectivity index (χ1v) is 3.69. The molecule has 0 aliphatic rings. The molecule has 0 saturated carbocycles. The van der Waals surface area contributed by atoms with Gasteiger partial charge in [0.15, 0.2) is 0 Å². The summed E-state index contributed by atoms with van der Waals surface area (Å²) in [6, 6.07) is 6.87. The van der Waals surface area contributed by atoms with Crippen molar-refractivity contribution >= 4 is 11.7 Å². The second kappa shape index (κ2) is 3.26. The number of nitrogen functional groups attached to an aromatic ring is 1. The van der Waals surface area contributed by atoms with Gasteiger partial charge >= 0.3 is 5.97 Å². The summed E-state index contributed by atoms with van der Waals surface area (Å²) in [5.41, 5.74) is 6.88. The van der Waals surface area contributed by atoms with E-state index in [4.69, 9.17) is 10.8 Å². The molecule has 0 saturated heterocycles. The van der Waals surface area contributed by atoms with Gasteiger partial charge in [-0.3, -0.25) is 4.79 Å². The molecule has 0 aromatic heterocycles. The molecule has 3 heteroatoms. The molecule has 0 aliphatic heterocycles. The van der Waals surface area contributed by atoms with Crippen LogP contribution in [0.5, 0.6) is 0 Å². The molecule has 3 N–H and O–H groups in total. The summed E-state index contributed by atoms with van der Waals surface area (Å²) in [6.45, 7) is 1.65. The van der Waals surface area contributed by atoms with Crippen molar-refractivity contribution in [3.05, 3.63) is 29.8 Å². The van der Waals surface area contributed by atoms with Crippen molar-refractivity contribution in [3.63, 3.8) is 0 Å². The first-order chi connectivity index (χ1) is 5.61. The third-order valence-corrected chi connectivity index (χ3v) is 1.81. The number of anilines is 1. The minimum Gasteiger partial charge on any atom is -0.481 e. The fraction of sp³-hybridized carbons (Fsp3) is 0.222. The topological polar surface area (TPSA) is 63.3 Å². The zero-order chi connectivity index (χ0) is 9.14. The van der Waals surface area contributed by atoms with Crippen LogP contribution in [0, 0.1) is 0 Å². The molecule has 0 bridgehead atoms. The lowest BCUT2D eigenvalue weighted by molar-refractivity contribution is -0.138. The number of carbonyl (C=O) groups is 1. The zero-order valence-electron chi connectivity index (χ0n) is 6.82. The minimum atomic E-state index is -0.820. The molecular weight excluding hydrogens is 154 g/mol. The fourth-order valence-electron chi connectivity index (χ4n) is 0.927. The van der Waals surface area contributed by atoms with Crippen LogP contribution in [-0.4, -0.2) is 11.1 Å². The normalized spacial score (nSPS) is 12.4. The van der Waals surface area contributed by atoms with Gasteiger partial charge in [-0.1, -0.05) is 12.1 Å². The summed E-state index contributed by atoms with van der Waals surface area (Å²) < 4.78 is 0. The maximum absolute atomic E-state index is 10.6. The number of benzene rings is 1. The molecule has 1 aromatic carbocycles. The van der Waals surface area contributed by atoms with Crippen molar-refractivity contribution in [3.8, 4) is 0 Å². The Labute approximate surface area is 70.8 Å². The van der Waals surface area contributed by atoms with Gasteiger partial charge in [-0.25, -0.2) is 0 Å². The molecule has 0 heterocycles. The van der Waals surface area contributed by atoms with Crippen LogP contribution >= 0.6 is 0 Å². The number of nitrogens with two attached hydrogens (primary N) is 1. The van der Waals surface area contributed by atoms with Gasteiger partial charge in [0.1, 0.15) is 0 Å². The lowest BCUT2D eigenvalue weighted by Gasteiger charge is -2.05. The Morgan fingerprint density at radius 2 is 1.92 bits per heavy atom. The third kappa shape index (κ3) is 1.75. The molecule has 1 atom stereocenters. The van der Waals surface area contributed by atoms with Crippen LogP contribution in [0.2, 0.25) is 0 Å². The van der Waals surface area contributed by atoms with E-state index in [1.54, 1.807) is 31.2 Å². The largest absolute Gasteiger partial charge is 0.481 e. The van der Waals surface area contributed by atoms with E-state index in [-0.39, 0.29) is 0 Å². The quantitative estimate of drug-likeness (QED) is 0.652. The van der Waals surface area contributed by atoms with E-state index in [9.17, 15) is 4.79 Å². The highest BCUT2D eigenvalue weighted by Crippen LogP contribution is 2.16. The number of hydrogen-bond acceptors (Lipinski definition) is 2. The van der Waals surface area contributed by atoms with Crippen molar-refractivity contribution in [1.29, 1.82) is 0 Å². The molecule has 12 heavy (non-hydrogen) atoms. The van der Waals surface area contributed by atoms with E-state index in [0.717, 1.165) is 5.56 Å². The minimum absolute atomic E-state index is 0.467. The van der Waals surface area contributed by atoms with Gasteiger partial charge in [0.25, 0.3) is 0 Å². The highest BCUT2D eigenvalue weighted by atomic mass is 16.4. The molecule has 64 valence electrons. The van der Waals surface area contributed by atoms with Crippen LogP contribution in [0.4, 0.5) is 5.69 Å². The lowest BCUT2D eigenvalue weighted by Crippen LogP contribution is -2.07. The van der Waals surface area contributed by atoms with Crippen molar-refractivity contribution in [2.45, 2.75) is 12.8 Å². The van der Waals surface area contributed by atoms with Gasteiger partial charge in [0.05, 0.1) is 5.92 Å². The number of carboxylic acid groups (broad SMARTS) is 1. The van der Waals surface area contributed by atoms with Crippen molar-refractivity contribution in [1.82, 2.24) is 0 Å². The average molecular weight is 165 g/mol. The summed E-state index contributed by atoms with van der Waals surface area (Å²) in [7, 11) is 0. The van der Waals surface area contributed by atoms with Crippen LogP contribution < -0.4 is 5.73 Å². The molecule has 1 aromatic rings. The predicted octanol–water partition coefficient (Wildman–Crippen LogP) is 1.46. The molecule has 0 amide bonds. The highest BCUT2D eigenvalue weighted by molar-refractivity contribution is 5.75. The molecule has 0 spiro atoms. The van der Waals surface area contributed by atoms with Crippen LogP contribution in [0.15, 0.2) is 24.3 Å². The molecular formula is C9H11NO2. The van der Waals surface area contributed by atoms with Crippen LogP contribution in [-0.2, 0) is 4.79 Å². The maximum Gasteiger partial charge on any atom is 0.310 e. The molecule has 0 aliphatic carbocycles. The number of aliphatic carboxylic acids is 1. The first kappa shape index (κ1) is 8.59. The SMILES string of the molecule is C[C@@H](C(=O)O)c1ccc(N)cc1. The number of rotatable bonds is 2. The molecule has 0 radical (unpaired) electrons. The smallest absolute Gasteiger partial charge is 0.310 e. The van der Waals surface area contributed by atoms with E-state index in [1.807, 2.05) is 0 Å². The van der Waals surface area contributed by atoms with E-state index < -0.39 is 11.9 Å². The Morgan fingerprint density at radius 3 is 2.33 bits per heavy atom. The molecule has 3 nitrogen and oxygen atoms in total. The van der Waals surface area contributed by atoms with E-state index in [1.165, 1.54) is 0 Å². The van der Waals surface area contributed by atoms with Gasteiger partial charge in [-0.05, 0) is 24.6 Å². The van der Waals surface area contributed by atoms with E-state index in [0.29, 0.717) is 5.69 Å². The second-order valence-electron chi connectivity index (χ2n) is 2.73. The maximum atomic E-state index is 10.6. The summed E-state index contributed by atoms with van der Waals surface area (Å²) in [6.07, 6.45) is 0. The highest BCUT2D eigenvalue weighted by Gasteiger charge is 2.12. The van der Waals surface area contributed by atoms with Gasteiger partial charge in [0, 0.05) is 5.69 Å². The standard InChI is InChI=1S/C9H11NO2/c1-6(9(11)12)7-2-4-8(10)5-3-7/h2-6H,10H2,1H3,(H,11,12)/t6-/m1/s1. The first-order valence-electron chi connectivity index (χ1n) is 3.69. The summed E-state index contributed by atoms with van der Waals surface area (Å²) in [5, 5.41) is 8.67. The van der Waals surface area contributed by atoms with Crippen LogP contribution in [0.1, 0.15) is 18.4 Å². The van der Waals surface area contributed by atoms with Crippen molar-refractivity contribution in [2.24, 2.45) is 0 Å². The molecule has 0 unspecified atom stereocenters. The van der Waals surface area contributed by atoms with E-state index >= 15 is 0 Å². The van der Waals surface area contributed by atoms with Gasteiger partial charge in [0.2, 0.25) is 0 Å². The number of hydrogen-bond donors (Lipinski definition) is 2. The number of carboxylic acids is 1. The summed E-state index contributed by atoms with van der Waals surface area (Å²) in [5.74, 6) is -1.29. The van der Waals surface area contributed by atoms with Crippen molar-refractivity contribution < 1.29 is 9.90 Å². The monoisotopic (exact) mass is 165 g/mol. The zero-order valence-corrected chi connectivity index (χ0v) is 6.82.